The lowest BCUT2D eigenvalue weighted by Gasteiger charge is -2.35. The third kappa shape index (κ3) is 5.96. The number of carbonyl (C=O) groups is 1. The third-order valence-corrected chi connectivity index (χ3v) is 7.67. The summed E-state index contributed by atoms with van der Waals surface area (Å²) in [5, 5.41) is 10.6. The maximum Gasteiger partial charge on any atom is 0.407 e. The number of benzene rings is 1. The Hall–Kier alpha value is -3.77. The van der Waals surface area contributed by atoms with Gasteiger partial charge in [0.05, 0.1) is 18.0 Å². The number of hydrogen-bond acceptors (Lipinski definition) is 9. The molecule has 5 rings (SSSR count). The van der Waals surface area contributed by atoms with Crippen LogP contribution in [-0.4, -0.2) is 83.5 Å². The highest BCUT2D eigenvalue weighted by Crippen LogP contribution is 2.33. The molecule has 0 atom stereocenters. The maximum absolute atomic E-state index is 13.4. The van der Waals surface area contributed by atoms with Crippen molar-refractivity contribution in [3.8, 4) is 11.3 Å². The van der Waals surface area contributed by atoms with Crippen molar-refractivity contribution >= 4 is 39.8 Å². The van der Waals surface area contributed by atoms with E-state index in [-0.39, 0.29) is 11.9 Å². The summed E-state index contributed by atoms with van der Waals surface area (Å²) >= 11 is 1.53. The normalized spacial score (nSPS) is 14.1. The zero-order valence-electron chi connectivity index (χ0n) is 22.4. The molecule has 1 amide bonds. The van der Waals surface area contributed by atoms with Gasteiger partial charge in [-0.25, -0.2) is 19.2 Å². The van der Waals surface area contributed by atoms with Crippen LogP contribution >= 0.6 is 11.3 Å². The van der Waals surface area contributed by atoms with Crippen molar-refractivity contribution in [1.29, 1.82) is 0 Å². The minimum absolute atomic E-state index is 0.265. The summed E-state index contributed by atoms with van der Waals surface area (Å²) in [7, 11) is 1.98. The van der Waals surface area contributed by atoms with E-state index in [9.17, 15) is 9.18 Å². The largest absolute Gasteiger partial charge is 0.450 e. The number of aryl methyl sites for hydroxylation is 1. The number of thiazole rings is 1. The molecule has 39 heavy (non-hydrogen) atoms. The predicted molar refractivity (Wildman–Crippen MR) is 152 cm³/mol. The van der Waals surface area contributed by atoms with Crippen LogP contribution in [0.3, 0.4) is 0 Å². The Morgan fingerprint density at radius 1 is 1.10 bits per heavy atom. The van der Waals surface area contributed by atoms with E-state index < -0.39 is 0 Å². The lowest BCUT2D eigenvalue weighted by Crippen LogP contribution is -2.48. The second kappa shape index (κ2) is 12.0. The van der Waals surface area contributed by atoms with Gasteiger partial charge in [0.25, 0.3) is 0 Å². The number of amides is 1. The number of fused-ring (bicyclic) bond motifs is 1. The van der Waals surface area contributed by atoms with Crippen LogP contribution in [0.4, 0.5) is 26.0 Å². The molecule has 0 bridgehead atoms. The molecule has 10 nitrogen and oxygen atoms in total. The highest BCUT2D eigenvalue weighted by Gasteiger charge is 2.23. The van der Waals surface area contributed by atoms with Crippen LogP contribution in [0.25, 0.3) is 16.9 Å². The molecule has 1 fully saturated rings. The standard InChI is InChI=1S/C27H33FN8O2S/c1-4-21-25(33(3)26-31-22(18-39-26)19-6-8-20(28)9-7-19)36-23(30-21)10-11-24(32-36)35-16-14-34(15-17-35)13-12-29-27(37)38-5-2/h6-11,18H,4-5,12-17H2,1-3H3,(H,29,37). The molecule has 3 aromatic heterocycles. The molecule has 0 radical (unpaired) electrons. The average Bonchev–Trinajstić information content (AvgIpc) is 3.59. The SMILES string of the molecule is CCOC(=O)NCCN1CCN(c2ccc3nc(CC)c(N(C)c4nc(-c5ccc(F)cc5)cs4)n3n2)CC1. The average molecular weight is 553 g/mol. The summed E-state index contributed by atoms with van der Waals surface area (Å²) in [4.78, 5) is 27.8. The number of carbonyl (C=O) groups excluding carboxylic acids is 1. The van der Waals surface area contributed by atoms with E-state index >= 15 is 0 Å². The van der Waals surface area contributed by atoms with Crippen LogP contribution in [0.1, 0.15) is 19.5 Å². The number of aromatic nitrogens is 4. The van der Waals surface area contributed by atoms with Gasteiger partial charge in [-0.3, -0.25) is 4.90 Å². The highest BCUT2D eigenvalue weighted by atomic mass is 32.1. The number of halogens is 1. The first kappa shape index (κ1) is 26.8. The van der Waals surface area contributed by atoms with Crippen LogP contribution in [0.15, 0.2) is 41.8 Å². The number of hydrogen-bond donors (Lipinski definition) is 1. The zero-order chi connectivity index (χ0) is 27.4. The van der Waals surface area contributed by atoms with Crippen LogP contribution in [0.5, 0.6) is 0 Å². The number of ether oxygens (including phenoxy) is 1. The fraction of sp³-hybridized carbons (Fsp3) is 0.407. The number of rotatable bonds is 9. The summed E-state index contributed by atoms with van der Waals surface area (Å²) in [6.07, 6.45) is 0.387. The monoisotopic (exact) mass is 552 g/mol. The topological polar surface area (TPSA) is 91.1 Å². The van der Waals surface area contributed by atoms with Crippen LogP contribution in [0, 0.1) is 5.82 Å². The molecule has 0 saturated carbocycles. The Bertz CT molecular complexity index is 1420. The molecule has 1 aliphatic rings. The third-order valence-electron chi connectivity index (χ3n) is 6.75. The summed E-state index contributed by atoms with van der Waals surface area (Å²) in [5.41, 5.74) is 3.41. The quantitative estimate of drug-likeness (QED) is 0.331. The summed E-state index contributed by atoms with van der Waals surface area (Å²) in [6.45, 7) is 9.04. The lowest BCUT2D eigenvalue weighted by molar-refractivity contribution is 0.150. The smallest absolute Gasteiger partial charge is 0.407 e. The van der Waals surface area contributed by atoms with Gasteiger partial charge in [-0.15, -0.1) is 16.4 Å². The van der Waals surface area contributed by atoms with Crippen molar-refractivity contribution in [2.45, 2.75) is 20.3 Å². The summed E-state index contributed by atoms with van der Waals surface area (Å²) in [6, 6.07) is 10.4. The number of anilines is 3. The molecule has 4 aromatic rings. The van der Waals surface area contributed by atoms with Crippen molar-refractivity contribution in [3.05, 3.63) is 53.3 Å². The van der Waals surface area contributed by atoms with Gasteiger partial charge in [0.1, 0.15) is 11.6 Å². The number of nitrogens with one attached hydrogen (secondary N) is 1. The number of alkyl carbamates (subject to hydrolysis) is 1. The molecule has 0 aliphatic carbocycles. The molecule has 0 unspecified atom stereocenters. The van der Waals surface area contributed by atoms with Crippen LogP contribution in [-0.2, 0) is 11.2 Å². The van der Waals surface area contributed by atoms with E-state index in [2.05, 4.69) is 22.0 Å². The predicted octanol–water partition coefficient (Wildman–Crippen LogP) is 4.19. The Morgan fingerprint density at radius 3 is 2.59 bits per heavy atom. The minimum Gasteiger partial charge on any atom is -0.450 e. The second-order valence-corrected chi connectivity index (χ2v) is 10.1. The summed E-state index contributed by atoms with van der Waals surface area (Å²) in [5.74, 6) is 1.52. The van der Waals surface area contributed by atoms with Crippen molar-refractivity contribution < 1.29 is 13.9 Å². The van der Waals surface area contributed by atoms with Gasteiger partial charge in [-0.1, -0.05) is 6.92 Å². The zero-order valence-corrected chi connectivity index (χ0v) is 23.2. The lowest BCUT2D eigenvalue weighted by atomic mass is 10.2. The molecule has 12 heteroatoms. The van der Waals surface area contributed by atoms with Gasteiger partial charge in [0.15, 0.2) is 16.6 Å². The first-order valence-corrected chi connectivity index (χ1v) is 14.1. The van der Waals surface area contributed by atoms with Crippen molar-refractivity contribution in [1.82, 2.24) is 29.8 Å². The molecule has 1 N–H and O–H groups in total. The molecule has 1 aromatic carbocycles. The molecule has 206 valence electrons. The van der Waals surface area contributed by atoms with Crippen molar-refractivity contribution in [3.63, 3.8) is 0 Å². The van der Waals surface area contributed by atoms with Crippen LogP contribution in [0.2, 0.25) is 0 Å². The minimum atomic E-state index is -0.370. The Kier molecular flexibility index (Phi) is 8.22. The van der Waals surface area contributed by atoms with E-state index in [0.29, 0.717) is 13.2 Å². The fourth-order valence-corrected chi connectivity index (χ4v) is 5.46. The van der Waals surface area contributed by atoms with Gasteiger partial charge >= 0.3 is 6.09 Å². The summed E-state index contributed by atoms with van der Waals surface area (Å²) < 4.78 is 20.2. The number of nitrogens with zero attached hydrogens (tertiary/aromatic N) is 7. The Labute approximate surface area is 231 Å². The number of piperazine rings is 1. The van der Waals surface area contributed by atoms with E-state index in [1.165, 1.54) is 23.5 Å². The molecular weight excluding hydrogens is 519 g/mol. The Morgan fingerprint density at radius 2 is 1.87 bits per heavy atom. The van der Waals surface area contributed by atoms with E-state index in [4.69, 9.17) is 19.8 Å². The van der Waals surface area contributed by atoms with E-state index in [1.54, 1.807) is 19.1 Å². The van der Waals surface area contributed by atoms with Gasteiger partial charge in [0.2, 0.25) is 0 Å². The van der Waals surface area contributed by atoms with Gasteiger partial charge in [-0.2, -0.15) is 4.52 Å². The maximum atomic E-state index is 13.4. The molecule has 1 saturated heterocycles. The van der Waals surface area contributed by atoms with E-state index in [0.717, 1.165) is 78.5 Å². The Balaban J connectivity index is 1.31. The van der Waals surface area contributed by atoms with Gasteiger partial charge in [-0.05, 0) is 49.7 Å². The molecule has 0 spiro atoms. The molecule has 1 aliphatic heterocycles. The van der Waals surface area contributed by atoms with Crippen molar-refractivity contribution in [2.24, 2.45) is 0 Å². The van der Waals surface area contributed by atoms with Crippen LogP contribution < -0.4 is 15.1 Å². The first-order valence-electron chi connectivity index (χ1n) is 13.2. The fourth-order valence-electron chi connectivity index (χ4n) is 4.66. The van der Waals surface area contributed by atoms with Gasteiger partial charge < -0.3 is 19.9 Å². The van der Waals surface area contributed by atoms with Gasteiger partial charge in [0, 0.05) is 57.3 Å². The first-order chi connectivity index (χ1) is 19.0. The molecule has 4 heterocycles. The van der Waals surface area contributed by atoms with E-state index in [1.807, 2.05) is 34.0 Å². The van der Waals surface area contributed by atoms with Crippen molar-refractivity contribution in [2.75, 3.05) is 62.7 Å². The highest BCUT2D eigenvalue weighted by molar-refractivity contribution is 7.14. The molecular formula is C27H33FN8O2S. The second-order valence-electron chi connectivity index (χ2n) is 9.25. The number of imidazole rings is 1.